The quantitative estimate of drug-likeness (QED) is 0.882. The molecular weight excluding hydrogens is 346 g/mol. The maximum atomic E-state index is 12.9. The monoisotopic (exact) mass is 373 g/mol. The molecule has 7 heteroatoms. The minimum absolute atomic E-state index is 0.0208. The maximum absolute atomic E-state index is 12.9. The van der Waals surface area contributed by atoms with Gasteiger partial charge in [-0.25, -0.2) is 21.6 Å². The van der Waals surface area contributed by atoms with E-state index in [4.69, 9.17) is 0 Å². The van der Waals surface area contributed by atoms with Gasteiger partial charge in [0.05, 0.1) is 16.4 Å². The molecule has 0 aromatic heterocycles. The summed E-state index contributed by atoms with van der Waals surface area (Å²) in [6.45, 7) is 11.5. The molecule has 0 radical (unpaired) electrons. The zero-order chi connectivity index (χ0) is 18.6. The largest absolute Gasteiger partial charge is 0.241 e. The van der Waals surface area contributed by atoms with E-state index in [1.807, 2.05) is 12.1 Å². The van der Waals surface area contributed by atoms with Gasteiger partial charge >= 0.3 is 0 Å². The van der Waals surface area contributed by atoms with Gasteiger partial charge in [0.15, 0.2) is 9.84 Å². The van der Waals surface area contributed by atoms with Crippen molar-refractivity contribution in [3.05, 3.63) is 28.8 Å². The van der Waals surface area contributed by atoms with Crippen molar-refractivity contribution in [2.24, 2.45) is 0 Å². The molecule has 0 bridgehead atoms. The van der Waals surface area contributed by atoms with Crippen LogP contribution >= 0.6 is 0 Å². The third-order valence-electron chi connectivity index (χ3n) is 4.48. The Kier molecular flexibility index (Phi) is 4.70. The van der Waals surface area contributed by atoms with E-state index >= 15 is 0 Å². The number of benzene rings is 1. The molecule has 5 nitrogen and oxygen atoms in total. The predicted octanol–water partition coefficient (Wildman–Crippen LogP) is 2.46. The molecule has 24 heavy (non-hydrogen) atoms. The molecule has 0 amide bonds. The zero-order valence-electron chi connectivity index (χ0n) is 15.2. The SMILES string of the molecule is Cc1cc(C(C)(C)C)cc(C)c1S(=O)(=O)N[C@@]1(C)CCS(=O)(=O)C1. The molecule has 0 aliphatic carbocycles. The molecule has 136 valence electrons. The fourth-order valence-electron chi connectivity index (χ4n) is 3.27. The lowest BCUT2D eigenvalue weighted by atomic mass is 9.85. The standard InChI is InChI=1S/C17H27NO4S2/c1-12-9-14(16(3,4)5)10-13(2)15(12)24(21,22)18-17(6)7-8-23(19,20)11-17/h9-10,18H,7-8,11H2,1-6H3/t17-/m0/s1. The second kappa shape index (κ2) is 5.81. The van der Waals surface area contributed by atoms with Crippen LogP contribution in [0, 0.1) is 13.8 Å². The molecule has 0 spiro atoms. The molecule has 2 rings (SSSR count). The lowest BCUT2D eigenvalue weighted by molar-refractivity contribution is 0.461. The zero-order valence-corrected chi connectivity index (χ0v) is 16.9. The van der Waals surface area contributed by atoms with Crippen LogP contribution in [-0.2, 0) is 25.3 Å². The lowest BCUT2D eigenvalue weighted by Crippen LogP contribution is -2.47. The van der Waals surface area contributed by atoms with E-state index in [0.717, 1.165) is 5.56 Å². The van der Waals surface area contributed by atoms with Crippen LogP contribution in [0.1, 0.15) is 50.8 Å². The number of aryl methyl sites for hydroxylation is 2. The summed E-state index contributed by atoms with van der Waals surface area (Å²) in [5, 5.41) is 0. The van der Waals surface area contributed by atoms with E-state index in [0.29, 0.717) is 17.5 Å². The van der Waals surface area contributed by atoms with Gasteiger partial charge in [-0.15, -0.1) is 0 Å². The summed E-state index contributed by atoms with van der Waals surface area (Å²) in [4.78, 5) is 0.251. The topological polar surface area (TPSA) is 80.3 Å². The Balaban J connectivity index is 2.44. The third kappa shape index (κ3) is 4.00. The normalized spacial score (nSPS) is 24.2. The Bertz CT molecular complexity index is 841. The first kappa shape index (κ1) is 19.4. The molecule has 1 aliphatic rings. The molecule has 1 aliphatic heterocycles. The third-order valence-corrected chi connectivity index (χ3v) is 8.33. The Morgan fingerprint density at radius 1 is 1.12 bits per heavy atom. The van der Waals surface area contributed by atoms with Gasteiger partial charge in [0.25, 0.3) is 0 Å². The summed E-state index contributed by atoms with van der Waals surface area (Å²) in [6.07, 6.45) is 0.298. The Morgan fingerprint density at radius 2 is 1.62 bits per heavy atom. The highest BCUT2D eigenvalue weighted by atomic mass is 32.2. The lowest BCUT2D eigenvalue weighted by Gasteiger charge is -2.26. The van der Waals surface area contributed by atoms with Gasteiger partial charge in [0.1, 0.15) is 0 Å². The molecule has 1 atom stereocenters. The minimum atomic E-state index is -3.79. The fraction of sp³-hybridized carbons (Fsp3) is 0.647. The Morgan fingerprint density at radius 3 is 2.00 bits per heavy atom. The van der Waals surface area contributed by atoms with Crippen molar-refractivity contribution in [2.75, 3.05) is 11.5 Å². The van der Waals surface area contributed by atoms with Gasteiger partial charge in [-0.2, -0.15) is 0 Å². The molecule has 1 saturated heterocycles. The molecule has 0 unspecified atom stereocenters. The molecule has 1 aromatic carbocycles. The first-order chi connectivity index (χ1) is 10.7. The van der Waals surface area contributed by atoms with Gasteiger partial charge in [0, 0.05) is 5.54 Å². The van der Waals surface area contributed by atoms with Gasteiger partial charge in [0.2, 0.25) is 10.0 Å². The van der Waals surface area contributed by atoms with Crippen molar-refractivity contribution in [3.63, 3.8) is 0 Å². The van der Waals surface area contributed by atoms with Crippen molar-refractivity contribution < 1.29 is 16.8 Å². The van der Waals surface area contributed by atoms with Crippen LogP contribution < -0.4 is 4.72 Å². The maximum Gasteiger partial charge on any atom is 0.241 e. The molecule has 1 fully saturated rings. The van der Waals surface area contributed by atoms with Crippen molar-refractivity contribution in [2.45, 2.75) is 63.8 Å². The fourth-order valence-corrected chi connectivity index (χ4v) is 7.35. The van der Waals surface area contributed by atoms with E-state index in [2.05, 4.69) is 25.5 Å². The summed E-state index contributed by atoms with van der Waals surface area (Å²) in [6, 6.07) is 3.80. The first-order valence-electron chi connectivity index (χ1n) is 8.01. The molecule has 0 saturated carbocycles. The van der Waals surface area contributed by atoms with Crippen LogP contribution in [0.4, 0.5) is 0 Å². The first-order valence-corrected chi connectivity index (χ1v) is 11.3. The van der Waals surface area contributed by atoms with Gasteiger partial charge < -0.3 is 0 Å². The Labute approximate surface area is 145 Å². The van der Waals surface area contributed by atoms with Crippen LogP contribution in [0.25, 0.3) is 0 Å². The van der Waals surface area contributed by atoms with Crippen LogP contribution in [0.15, 0.2) is 17.0 Å². The highest BCUT2D eigenvalue weighted by molar-refractivity contribution is 7.92. The highest BCUT2D eigenvalue weighted by Gasteiger charge is 2.42. The molecular formula is C17H27NO4S2. The van der Waals surface area contributed by atoms with Crippen LogP contribution in [-0.4, -0.2) is 33.9 Å². The van der Waals surface area contributed by atoms with Crippen molar-refractivity contribution in [1.82, 2.24) is 4.72 Å². The number of rotatable bonds is 3. The summed E-state index contributed by atoms with van der Waals surface area (Å²) in [5.74, 6) is -0.135. The van der Waals surface area contributed by atoms with Gasteiger partial charge in [-0.05, 0) is 49.3 Å². The average molecular weight is 374 g/mol. The van der Waals surface area contributed by atoms with E-state index < -0.39 is 25.4 Å². The second-order valence-corrected chi connectivity index (χ2v) is 12.0. The number of sulfonamides is 1. The minimum Gasteiger partial charge on any atom is -0.229 e. The van der Waals surface area contributed by atoms with Gasteiger partial charge in [-0.3, -0.25) is 0 Å². The summed E-state index contributed by atoms with van der Waals surface area (Å²) in [5.41, 5.74) is 1.41. The molecule has 1 aromatic rings. The van der Waals surface area contributed by atoms with E-state index in [1.165, 1.54) is 0 Å². The van der Waals surface area contributed by atoms with Crippen molar-refractivity contribution in [3.8, 4) is 0 Å². The smallest absolute Gasteiger partial charge is 0.229 e. The van der Waals surface area contributed by atoms with E-state index in [-0.39, 0.29) is 21.8 Å². The average Bonchev–Trinajstić information content (AvgIpc) is 2.59. The molecule has 1 N–H and O–H groups in total. The number of nitrogens with one attached hydrogen (secondary N) is 1. The van der Waals surface area contributed by atoms with Crippen molar-refractivity contribution >= 4 is 19.9 Å². The highest BCUT2D eigenvalue weighted by Crippen LogP contribution is 2.31. The van der Waals surface area contributed by atoms with Crippen molar-refractivity contribution in [1.29, 1.82) is 0 Å². The Hall–Kier alpha value is -0.920. The number of hydrogen-bond donors (Lipinski definition) is 1. The summed E-state index contributed by atoms with van der Waals surface area (Å²) in [7, 11) is -6.97. The number of hydrogen-bond acceptors (Lipinski definition) is 4. The van der Waals surface area contributed by atoms with Crippen LogP contribution in [0.5, 0.6) is 0 Å². The van der Waals surface area contributed by atoms with Crippen LogP contribution in [0.2, 0.25) is 0 Å². The molecule has 1 heterocycles. The van der Waals surface area contributed by atoms with Crippen LogP contribution in [0.3, 0.4) is 0 Å². The van der Waals surface area contributed by atoms with Gasteiger partial charge in [-0.1, -0.05) is 32.9 Å². The van der Waals surface area contributed by atoms with E-state index in [1.54, 1.807) is 20.8 Å². The number of sulfone groups is 1. The van der Waals surface area contributed by atoms with E-state index in [9.17, 15) is 16.8 Å². The summed E-state index contributed by atoms with van der Waals surface area (Å²) < 4.78 is 51.9. The second-order valence-electron chi connectivity index (χ2n) is 8.20. The summed E-state index contributed by atoms with van der Waals surface area (Å²) >= 11 is 0. The predicted molar refractivity (Wildman–Crippen MR) is 96.6 cm³/mol.